The van der Waals surface area contributed by atoms with Crippen molar-refractivity contribution < 1.29 is 22.7 Å². The van der Waals surface area contributed by atoms with E-state index in [1.807, 2.05) is 0 Å². The molecule has 0 aliphatic rings. The predicted molar refractivity (Wildman–Crippen MR) is 117 cm³/mol. The molecular weight excluding hydrogens is 435 g/mol. The van der Waals surface area contributed by atoms with Crippen LogP contribution in [0.15, 0.2) is 71.5 Å². The fourth-order valence-electron chi connectivity index (χ4n) is 3.55. The van der Waals surface area contributed by atoms with Gasteiger partial charge in [0.25, 0.3) is 11.5 Å². The van der Waals surface area contributed by atoms with Crippen LogP contribution in [0.2, 0.25) is 0 Å². The minimum atomic E-state index is -0.982. The molecule has 0 aliphatic carbocycles. The fraction of sp³-hybridized carbons (Fsp3) is 0.0833. The molecular formula is C24H18F3N3O3. The maximum atomic E-state index is 15.0. The van der Waals surface area contributed by atoms with Gasteiger partial charge in [-0.25, -0.2) is 17.9 Å². The van der Waals surface area contributed by atoms with Gasteiger partial charge in [0.15, 0.2) is 0 Å². The lowest BCUT2D eigenvalue weighted by Gasteiger charge is -2.13. The number of carbonyl (C=O) groups excluding carboxylic acids is 1. The molecule has 0 radical (unpaired) electrons. The number of hydrogen-bond donors (Lipinski definition) is 1. The van der Waals surface area contributed by atoms with Crippen molar-refractivity contribution in [2.75, 3.05) is 12.4 Å². The van der Waals surface area contributed by atoms with Gasteiger partial charge in [-0.1, -0.05) is 18.2 Å². The molecule has 0 spiro atoms. The van der Waals surface area contributed by atoms with Crippen LogP contribution >= 0.6 is 0 Å². The summed E-state index contributed by atoms with van der Waals surface area (Å²) in [4.78, 5) is 26.1. The Morgan fingerprint density at radius 1 is 0.939 bits per heavy atom. The zero-order valence-electron chi connectivity index (χ0n) is 17.6. The summed E-state index contributed by atoms with van der Waals surface area (Å²) in [5, 5.41) is 2.45. The van der Waals surface area contributed by atoms with Crippen molar-refractivity contribution in [3.8, 4) is 22.7 Å². The van der Waals surface area contributed by atoms with E-state index in [9.17, 15) is 22.8 Å². The lowest BCUT2D eigenvalue weighted by atomic mass is 10.1. The normalized spacial score (nSPS) is 10.8. The van der Waals surface area contributed by atoms with E-state index in [0.29, 0.717) is 5.69 Å². The third-order valence-electron chi connectivity index (χ3n) is 5.10. The Hall–Kier alpha value is -4.27. The molecule has 4 aromatic rings. The quantitative estimate of drug-likeness (QED) is 0.483. The van der Waals surface area contributed by atoms with Crippen LogP contribution in [0.3, 0.4) is 0 Å². The molecule has 0 aliphatic heterocycles. The van der Waals surface area contributed by atoms with Crippen molar-refractivity contribution in [3.63, 3.8) is 0 Å². The smallest absolute Gasteiger partial charge is 0.295 e. The molecule has 6 nitrogen and oxygen atoms in total. The summed E-state index contributed by atoms with van der Waals surface area (Å²) in [7, 11) is 2.71. The van der Waals surface area contributed by atoms with E-state index in [4.69, 9.17) is 4.74 Å². The van der Waals surface area contributed by atoms with E-state index in [-0.39, 0.29) is 22.7 Å². The number of nitrogens with one attached hydrogen (secondary N) is 1. The van der Waals surface area contributed by atoms with Gasteiger partial charge in [-0.05, 0) is 36.4 Å². The first-order valence-electron chi connectivity index (χ1n) is 9.79. The van der Waals surface area contributed by atoms with Gasteiger partial charge in [-0.2, -0.15) is 0 Å². The van der Waals surface area contributed by atoms with Crippen LogP contribution in [-0.2, 0) is 7.05 Å². The van der Waals surface area contributed by atoms with Crippen molar-refractivity contribution >= 4 is 11.6 Å². The Kier molecular flexibility index (Phi) is 5.78. The standard InChI is InChI=1S/C24H18F3N3O3/c1-29-22(20-18(26)12-17(33-2)13-19(20)27)21(24(32)30(29)16-6-4-3-5-7-16)28-23(31)14-8-10-15(25)11-9-14/h3-13H,1-2H3,(H,28,31). The van der Waals surface area contributed by atoms with Crippen molar-refractivity contribution in [3.05, 3.63) is 100 Å². The second kappa shape index (κ2) is 8.70. The molecule has 9 heteroatoms. The van der Waals surface area contributed by atoms with Crippen LogP contribution in [0.5, 0.6) is 5.75 Å². The van der Waals surface area contributed by atoms with Crippen molar-refractivity contribution in [2.24, 2.45) is 7.05 Å². The van der Waals surface area contributed by atoms with Crippen LogP contribution in [0.1, 0.15) is 10.4 Å². The number of ether oxygens (including phenoxy) is 1. The van der Waals surface area contributed by atoms with Crippen LogP contribution in [0.4, 0.5) is 18.9 Å². The van der Waals surface area contributed by atoms with Gasteiger partial charge in [0, 0.05) is 24.7 Å². The Morgan fingerprint density at radius 2 is 1.55 bits per heavy atom. The van der Waals surface area contributed by atoms with E-state index in [0.717, 1.165) is 24.3 Å². The molecule has 1 heterocycles. The largest absolute Gasteiger partial charge is 0.497 e. The second-order valence-electron chi connectivity index (χ2n) is 7.13. The second-order valence-corrected chi connectivity index (χ2v) is 7.13. The number of methoxy groups -OCH3 is 1. The molecule has 0 unspecified atom stereocenters. The number of hydrogen-bond acceptors (Lipinski definition) is 3. The fourth-order valence-corrected chi connectivity index (χ4v) is 3.55. The predicted octanol–water partition coefficient (Wildman–Crippen LogP) is 4.52. The van der Waals surface area contributed by atoms with E-state index < -0.39 is 34.5 Å². The molecule has 33 heavy (non-hydrogen) atoms. The number of rotatable bonds is 5. The van der Waals surface area contributed by atoms with E-state index in [2.05, 4.69) is 5.32 Å². The molecule has 0 atom stereocenters. The third kappa shape index (κ3) is 4.00. The number of carbonyl (C=O) groups is 1. The Bertz CT molecular complexity index is 1370. The molecule has 0 bridgehead atoms. The highest BCUT2D eigenvalue weighted by atomic mass is 19.1. The number of nitrogens with zero attached hydrogens (tertiary/aromatic N) is 2. The highest BCUT2D eigenvalue weighted by molar-refractivity contribution is 6.06. The summed E-state index contributed by atoms with van der Waals surface area (Å²) in [5.41, 5.74) is -1.26. The first-order valence-corrected chi connectivity index (χ1v) is 9.79. The number of anilines is 1. The van der Waals surface area contributed by atoms with Crippen LogP contribution in [-0.4, -0.2) is 22.4 Å². The average Bonchev–Trinajstić information content (AvgIpc) is 3.03. The van der Waals surface area contributed by atoms with Crippen molar-refractivity contribution in [1.29, 1.82) is 0 Å². The number of benzene rings is 3. The van der Waals surface area contributed by atoms with Crippen LogP contribution in [0.25, 0.3) is 16.9 Å². The first-order chi connectivity index (χ1) is 15.8. The van der Waals surface area contributed by atoms with E-state index in [1.165, 1.54) is 35.7 Å². The number of amides is 1. The maximum absolute atomic E-state index is 15.0. The van der Waals surface area contributed by atoms with E-state index in [1.54, 1.807) is 30.3 Å². The Balaban J connectivity index is 1.95. The average molecular weight is 453 g/mol. The molecule has 0 saturated heterocycles. The van der Waals surface area contributed by atoms with Crippen molar-refractivity contribution in [1.82, 2.24) is 9.36 Å². The Morgan fingerprint density at radius 3 is 2.12 bits per heavy atom. The number of halogens is 3. The molecule has 4 rings (SSSR count). The minimum Gasteiger partial charge on any atom is -0.497 e. The van der Waals surface area contributed by atoms with E-state index >= 15 is 0 Å². The molecule has 1 aromatic heterocycles. The molecule has 0 saturated carbocycles. The van der Waals surface area contributed by atoms with Gasteiger partial charge in [0.05, 0.1) is 18.4 Å². The molecule has 168 valence electrons. The summed E-state index contributed by atoms with van der Waals surface area (Å²) in [6.07, 6.45) is 0. The monoisotopic (exact) mass is 453 g/mol. The summed E-state index contributed by atoms with van der Waals surface area (Å²) >= 11 is 0. The summed E-state index contributed by atoms with van der Waals surface area (Å²) in [6, 6.07) is 15.0. The Labute approximate surface area is 186 Å². The van der Waals surface area contributed by atoms with Gasteiger partial charge in [0.2, 0.25) is 0 Å². The minimum absolute atomic E-state index is 0.0434. The van der Waals surface area contributed by atoms with Crippen LogP contribution in [0, 0.1) is 17.5 Å². The first kappa shape index (κ1) is 21.9. The van der Waals surface area contributed by atoms with Gasteiger partial charge < -0.3 is 10.1 Å². The summed E-state index contributed by atoms with van der Waals surface area (Å²) < 4.78 is 50.6. The summed E-state index contributed by atoms with van der Waals surface area (Å²) in [5.74, 6) is -3.29. The van der Waals surface area contributed by atoms with Gasteiger partial charge >= 0.3 is 0 Å². The number of para-hydroxylation sites is 1. The maximum Gasteiger partial charge on any atom is 0.295 e. The molecule has 3 aromatic carbocycles. The third-order valence-corrected chi connectivity index (χ3v) is 5.10. The van der Waals surface area contributed by atoms with Gasteiger partial charge in [-0.3, -0.25) is 14.3 Å². The zero-order chi connectivity index (χ0) is 23.7. The van der Waals surface area contributed by atoms with Crippen molar-refractivity contribution in [2.45, 2.75) is 0 Å². The number of aromatic nitrogens is 2. The topological polar surface area (TPSA) is 65.3 Å². The highest BCUT2D eigenvalue weighted by Gasteiger charge is 2.27. The lowest BCUT2D eigenvalue weighted by Crippen LogP contribution is -2.22. The lowest BCUT2D eigenvalue weighted by molar-refractivity contribution is 0.102. The van der Waals surface area contributed by atoms with Crippen LogP contribution < -0.4 is 15.6 Å². The van der Waals surface area contributed by atoms with Gasteiger partial charge in [0.1, 0.15) is 34.6 Å². The molecule has 0 fully saturated rings. The van der Waals surface area contributed by atoms with Gasteiger partial charge in [-0.15, -0.1) is 0 Å². The molecule has 1 amide bonds. The SMILES string of the molecule is COc1cc(F)c(-c2c(NC(=O)c3ccc(F)cc3)c(=O)n(-c3ccccc3)n2C)c(F)c1. The highest BCUT2D eigenvalue weighted by Crippen LogP contribution is 2.34. The zero-order valence-corrected chi connectivity index (χ0v) is 17.6. The summed E-state index contributed by atoms with van der Waals surface area (Å²) in [6.45, 7) is 0. The molecule has 1 N–H and O–H groups in total.